The van der Waals surface area contributed by atoms with Crippen LogP contribution in [0.25, 0.3) is 0 Å². The van der Waals surface area contributed by atoms with Crippen LogP contribution in [0.5, 0.6) is 0 Å². The third kappa shape index (κ3) is 40.5. The third-order valence-corrected chi connectivity index (χ3v) is 11.8. The van der Waals surface area contributed by atoms with E-state index in [1.807, 2.05) is 0 Å². The number of nitrogens with one attached hydrogen (secondary N) is 1. The molecule has 7 heteroatoms. The maximum absolute atomic E-state index is 12.6. The van der Waals surface area contributed by atoms with Gasteiger partial charge in [0.05, 0.1) is 17.9 Å². The zero-order chi connectivity index (χ0) is 38.2. The molecule has 0 aromatic rings. The second-order valence-electron chi connectivity index (χ2n) is 16.4. The van der Waals surface area contributed by atoms with Crippen LogP contribution in [0.15, 0.2) is 0 Å². The molecule has 0 radical (unpaired) electrons. The van der Waals surface area contributed by atoms with Crippen molar-refractivity contribution in [2.75, 3.05) is 5.75 Å². The number of hydrogen-bond donors (Lipinski definition) is 3. The molecule has 3 N–H and O–H groups in total. The van der Waals surface area contributed by atoms with E-state index in [1.54, 1.807) is 0 Å². The molecule has 52 heavy (non-hydrogen) atoms. The first-order valence-electron chi connectivity index (χ1n) is 23.2. The number of hydrogen-bond acceptors (Lipinski definition) is 4. The molecule has 6 nitrogen and oxygen atoms in total. The molecule has 0 fully saturated rings. The Morgan fingerprint density at radius 2 is 0.692 bits per heavy atom. The second kappa shape index (κ2) is 40.0. The third-order valence-electron chi connectivity index (χ3n) is 11.1. The summed E-state index contributed by atoms with van der Waals surface area (Å²) in [5, 5.41) is 13.4. The minimum Gasteiger partial charge on any atom is -0.391 e. The van der Waals surface area contributed by atoms with Gasteiger partial charge in [0.25, 0.3) is 10.1 Å². The number of carbonyl (C=O) groups excluding carboxylic acids is 1. The first kappa shape index (κ1) is 51.3. The summed E-state index contributed by atoms with van der Waals surface area (Å²) in [5.74, 6) is -0.879. The van der Waals surface area contributed by atoms with Crippen molar-refractivity contribution in [3.05, 3.63) is 0 Å². The number of rotatable bonds is 43. The van der Waals surface area contributed by atoms with Gasteiger partial charge in [0.15, 0.2) is 0 Å². The summed E-state index contributed by atoms with van der Waals surface area (Å²) < 4.78 is 32.6. The SMILES string of the molecule is CCCCCCCCCCCCCCCCCCCCCCC(O)C(CS(=O)(=O)O)NC(=O)CCCCCCCCCCCCCCCCCCC. The smallest absolute Gasteiger partial charge is 0.266 e. The standard InChI is InChI=1S/C45H91NO5S/c1-3-5-7-9-11-13-15-17-19-21-22-23-25-26-28-30-32-34-36-38-40-44(47)43(42-52(49,50)51)46-45(48)41-39-37-35-33-31-29-27-24-20-18-16-14-12-10-8-6-4-2/h43-44,47H,3-42H2,1-2H3,(H,46,48)(H,49,50,51). The molecule has 2 unspecified atom stereocenters. The minimum atomic E-state index is -4.31. The Balaban J connectivity index is 3.75. The molecule has 0 aliphatic carbocycles. The van der Waals surface area contributed by atoms with Gasteiger partial charge in [0, 0.05) is 6.42 Å². The van der Waals surface area contributed by atoms with E-state index in [2.05, 4.69) is 19.2 Å². The van der Waals surface area contributed by atoms with E-state index in [4.69, 9.17) is 0 Å². The van der Waals surface area contributed by atoms with Gasteiger partial charge in [-0.1, -0.05) is 245 Å². The van der Waals surface area contributed by atoms with E-state index in [0.29, 0.717) is 12.8 Å². The van der Waals surface area contributed by atoms with E-state index in [-0.39, 0.29) is 5.91 Å². The normalized spacial score (nSPS) is 13.1. The lowest BCUT2D eigenvalue weighted by Gasteiger charge is -2.23. The lowest BCUT2D eigenvalue weighted by molar-refractivity contribution is -0.122. The number of carbonyl (C=O) groups is 1. The summed E-state index contributed by atoms with van der Waals surface area (Å²) in [7, 11) is -4.31. The monoisotopic (exact) mass is 758 g/mol. The van der Waals surface area contributed by atoms with Crippen LogP contribution in [0.1, 0.15) is 264 Å². The van der Waals surface area contributed by atoms with Crippen LogP contribution in [0.2, 0.25) is 0 Å². The van der Waals surface area contributed by atoms with Crippen LogP contribution in [-0.4, -0.2) is 41.9 Å². The van der Waals surface area contributed by atoms with Crippen LogP contribution in [-0.2, 0) is 14.9 Å². The molecule has 1 amide bonds. The Labute approximate surface area is 325 Å². The van der Waals surface area contributed by atoms with Crippen LogP contribution < -0.4 is 5.32 Å². The van der Waals surface area contributed by atoms with Crippen LogP contribution in [0.4, 0.5) is 0 Å². The van der Waals surface area contributed by atoms with E-state index in [0.717, 1.165) is 38.5 Å². The van der Waals surface area contributed by atoms with Crippen molar-refractivity contribution < 1.29 is 22.9 Å². The van der Waals surface area contributed by atoms with Gasteiger partial charge in [-0.25, -0.2) is 0 Å². The van der Waals surface area contributed by atoms with Gasteiger partial charge in [0.2, 0.25) is 5.91 Å². The highest BCUT2D eigenvalue weighted by molar-refractivity contribution is 7.85. The van der Waals surface area contributed by atoms with Crippen LogP contribution >= 0.6 is 0 Å². The van der Waals surface area contributed by atoms with Gasteiger partial charge < -0.3 is 10.4 Å². The van der Waals surface area contributed by atoms with E-state index in [9.17, 15) is 22.9 Å². The lowest BCUT2D eigenvalue weighted by Crippen LogP contribution is -2.47. The Morgan fingerprint density at radius 1 is 0.442 bits per heavy atom. The van der Waals surface area contributed by atoms with Gasteiger partial charge in [-0.15, -0.1) is 0 Å². The molecule has 0 bridgehead atoms. The first-order valence-corrected chi connectivity index (χ1v) is 24.8. The highest BCUT2D eigenvalue weighted by atomic mass is 32.2. The van der Waals surface area contributed by atoms with Gasteiger partial charge in [0.1, 0.15) is 0 Å². The summed E-state index contributed by atoms with van der Waals surface area (Å²) in [5.41, 5.74) is 0. The van der Waals surface area contributed by atoms with Gasteiger partial charge in [-0.05, 0) is 12.8 Å². The molecule has 0 aromatic carbocycles. The summed E-state index contributed by atoms with van der Waals surface area (Å²) in [4.78, 5) is 12.6. The van der Waals surface area contributed by atoms with Crippen LogP contribution in [0.3, 0.4) is 0 Å². The molecule has 0 aromatic heterocycles. The topological polar surface area (TPSA) is 104 Å². The summed E-state index contributed by atoms with van der Waals surface area (Å²) >= 11 is 0. The average molecular weight is 758 g/mol. The Bertz CT molecular complexity index is 836. The summed E-state index contributed by atoms with van der Waals surface area (Å²) in [6.07, 6.45) is 47.7. The number of unbranched alkanes of at least 4 members (excludes halogenated alkanes) is 35. The molecule has 0 heterocycles. The highest BCUT2D eigenvalue weighted by Gasteiger charge is 2.26. The van der Waals surface area contributed by atoms with Crippen molar-refractivity contribution in [3.8, 4) is 0 Å². The maximum atomic E-state index is 12.6. The minimum absolute atomic E-state index is 0.239. The Kier molecular flexibility index (Phi) is 39.5. The fourth-order valence-electron chi connectivity index (χ4n) is 7.58. The molecule has 0 rings (SSSR count). The fraction of sp³-hybridized carbons (Fsp3) is 0.978. The van der Waals surface area contributed by atoms with Crippen molar-refractivity contribution in [1.82, 2.24) is 5.32 Å². The molecule has 0 saturated heterocycles. The van der Waals surface area contributed by atoms with Gasteiger partial charge in [-0.2, -0.15) is 8.42 Å². The lowest BCUT2D eigenvalue weighted by atomic mass is 10.0. The van der Waals surface area contributed by atoms with E-state index >= 15 is 0 Å². The zero-order valence-corrected chi connectivity index (χ0v) is 35.8. The average Bonchev–Trinajstić information content (AvgIpc) is 3.11. The predicted octanol–water partition coefficient (Wildman–Crippen LogP) is 14.0. The number of aliphatic hydroxyl groups excluding tert-OH is 1. The largest absolute Gasteiger partial charge is 0.391 e. The highest BCUT2D eigenvalue weighted by Crippen LogP contribution is 2.17. The molecule has 0 aliphatic rings. The molecule has 0 spiro atoms. The van der Waals surface area contributed by atoms with Crippen molar-refractivity contribution in [2.45, 2.75) is 276 Å². The molecule has 0 saturated carbocycles. The van der Waals surface area contributed by atoms with E-state index in [1.165, 1.54) is 199 Å². The summed E-state index contributed by atoms with van der Waals surface area (Å²) in [6, 6.07) is -0.964. The van der Waals surface area contributed by atoms with Crippen molar-refractivity contribution in [1.29, 1.82) is 0 Å². The fourth-order valence-corrected chi connectivity index (χ4v) is 8.33. The molecular formula is C45H91NO5S. The van der Waals surface area contributed by atoms with Crippen molar-refractivity contribution >= 4 is 16.0 Å². The Morgan fingerprint density at radius 3 is 0.962 bits per heavy atom. The molecule has 2 atom stereocenters. The van der Waals surface area contributed by atoms with Gasteiger partial charge in [-0.3, -0.25) is 9.35 Å². The molecular weight excluding hydrogens is 667 g/mol. The molecule has 312 valence electrons. The van der Waals surface area contributed by atoms with Crippen molar-refractivity contribution in [3.63, 3.8) is 0 Å². The zero-order valence-electron chi connectivity index (χ0n) is 35.0. The number of amides is 1. The number of aliphatic hydroxyl groups is 1. The van der Waals surface area contributed by atoms with Crippen LogP contribution in [0, 0.1) is 0 Å². The predicted molar refractivity (Wildman–Crippen MR) is 226 cm³/mol. The van der Waals surface area contributed by atoms with Gasteiger partial charge >= 0.3 is 0 Å². The summed E-state index contributed by atoms with van der Waals surface area (Å²) in [6.45, 7) is 4.55. The molecule has 0 aliphatic heterocycles. The quantitative estimate of drug-likeness (QED) is 0.0424. The first-order chi connectivity index (χ1) is 25.3. The maximum Gasteiger partial charge on any atom is 0.266 e. The second-order valence-corrected chi connectivity index (χ2v) is 17.9. The van der Waals surface area contributed by atoms with E-state index < -0.39 is 28.0 Å². The van der Waals surface area contributed by atoms with Crippen molar-refractivity contribution in [2.24, 2.45) is 0 Å². The Hall–Kier alpha value is -0.660.